The molecule has 2 aromatic rings. The Morgan fingerprint density at radius 3 is 3.09 bits per heavy atom. The zero-order chi connectivity index (χ0) is 15.6. The van der Waals surface area contributed by atoms with Crippen molar-refractivity contribution in [3.05, 3.63) is 42.5 Å². The number of benzene rings is 1. The number of para-hydroxylation sites is 1. The monoisotopic (exact) mass is 312 g/mol. The highest BCUT2D eigenvalue weighted by atomic mass is 16.5. The summed E-state index contributed by atoms with van der Waals surface area (Å²) in [5.41, 5.74) is 1.13. The van der Waals surface area contributed by atoms with Crippen LogP contribution in [0.25, 0.3) is 0 Å². The van der Waals surface area contributed by atoms with Gasteiger partial charge in [0.25, 0.3) is 0 Å². The van der Waals surface area contributed by atoms with E-state index < -0.39 is 0 Å². The number of piperidine rings is 1. The Labute approximate surface area is 135 Å². The third-order valence-corrected chi connectivity index (χ3v) is 4.75. The van der Waals surface area contributed by atoms with Crippen LogP contribution in [0, 0.1) is 5.92 Å². The number of hydrogen-bond donors (Lipinski definition) is 0. The summed E-state index contributed by atoms with van der Waals surface area (Å²) in [5.74, 6) is 1.03. The van der Waals surface area contributed by atoms with Crippen molar-refractivity contribution < 1.29 is 9.53 Å². The van der Waals surface area contributed by atoms with E-state index in [1.807, 2.05) is 33.8 Å². The van der Waals surface area contributed by atoms with E-state index in [0.29, 0.717) is 13.2 Å². The number of carbonyl (C=O) groups is 1. The van der Waals surface area contributed by atoms with E-state index in [0.717, 1.165) is 37.1 Å². The first-order valence-corrected chi connectivity index (χ1v) is 8.15. The van der Waals surface area contributed by atoms with Gasteiger partial charge in [-0.1, -0.05) is 18.2 Å². The zero-order valence-electron chi connectivity index (χ0n) is 13.0. The summed E-state index contributed by atoms with van der Waals surface area (Å²) in [6.45, 7) is 2.00. The smallest absolute Gasteiger partial charge is 0.229 e. The molecule has 0 bridgehead atoms. The lowest BCUT2D eigenvalue weighted by Gasteiger charge is -2.36. The summed E-state index contributed by atoms with van der Waals surface area (Å²) in [6, 6.07) is 8.21. The average Bonchev–Trinajstić information content (AvgIpc) is 3.15. The fraction of sp³-hybridized carbons (Fsp3) is 0.471. The maximum atomic E-state index is 12.9. The van der Waals surface area contributed by atoms with Gasteiger partial charge in [-0.2, -0.15) is 5.10 Å². The van der Waals surface area contributed by atoms with E-state index >= 15 is 0 Å². The molecule has 0 spiro atoms. The van der Waals surface area contributed by atoms with Gasteiger partial charge in [-0.25, -0.2) is 9.67 Å². The van der Waals surface area contributed by atoms with Crippen molar-refractivity contribution in [3.63, 3.8) is 0 Å². The van der Waals surface area contributed by atoms with Gasteiger partial charge in [0.2, 0.25) is 5.91 Å². The van der Waals surface area contributed by atoms with Gasteiger partial charge in [0.1, 0.15) is 25.0 Å². The molecule has 2 aliphatic rings. The van der Waals surface area contributed by atoms with Crippen LogP contribution >= 0.6 is 0 Å². The summed E-state index contributed by atoms with van der Waals surface area (Å²) in [7, 11) is 0. The van der Waals surface area contributed by atoms with Crippen molar-refractivity contribution in [1.29, 1.82) is 0 Å². The first-order valence-electron chi connectivity index (χ1n) is 8.15. The summed E-state index contributed by atoms with van der Waals surface area (Å²) >= 11 is 0. The fourth-order valence-electron chi connectivity index (χ4n) is 3.52. The summed E-state index contributed by atoms with van der Waals surface area (Å²) in [6.07, 6.45) is 6.09. The summed E-state index contributed by atoms with van der Waals surface area (Å²) in [4.78, 5) is 18.9. The van der Waals surface area contributed by atoms with E-state index in [1.54, 1.807) is 12.7 Å². The van der Waals surface area contributed by atoms with E-state index in [2.05, 4.69) is 10.1 Å². The molecule has 6 heteroatoms. The Morgan fingerprint density at radius 2 is 2.22 bits per heavy atom. The van der Waals surface area contributed by atoms with E-state index in [4.69, 9.17) is 4.74 Å². The molecule has 1 saturated heterocycles. The summed E-state index contributed by atoms with van der Waals surface area (Å²) in [5, 5.41) is 4.22. The Morgan fingerprint density at radius 1 is 1.30 bits per heavy atom. The van der Waals surface area contributed by atoms with Gasteiger partial charge >= 0.3 is 0 Å². The molecule has 6 nitrogen and oxygen atoms in total. The maximum absolute atomic E-state index is 12.9. The number of ether oxygens (including phenoxy) is 1. The van der Waals surface area contributed by atoms with Crippen LogP contribution in [0.5, 0.6) is 5.75 Å². The van der Waals surface area contributed by atoms with Crippen LogP contribution in [0.15, 0.2) is 36.9 Å². The maximum Gasteiger partial charge on any atom is 0.229 e. The molecule has 0 unspecified atom stereocenters. The molecule has 1 aromatic heterocycles. The first-order chi connectivity index (χ1) is 11.3. The highest BCUT2D eigenvalue weighted by Gasteiger charge is 2.32. The molecule has 3 heterocycles. The van der Waals surface area contributed by atoms with Gasteiger partial charge in [-0.05, 0) is 30.9 Å². The van der Waals surface area contributed by atoms with Gasteiger partial charge in [0.15, 0.2) is 0 Å². The highest BCUT2D eigenvalue weighted by molar-refractivity contribution is 5.80. The first kappa shape index (κ1) is 14.2. The number of carbonyl (C=O) groups excluding carboxylic acids is 1. The Balaban J connectivity index is 1.45. The molecule has 0 saturated carbocycles. The van der Waals surface area contributed by atoms with Gasteiger partial charge < -0.3 is 9.64 Å². The van der Waals surface area contributed by atoms with E-state index in [-0.39, 0.29) is 17.9 Å². The third-order valence-electron chi connectivity index (χ3n) is 4.75. The molecule has 2 atom stereocenters. The molecule has 0 N–H and O–H groups in total. The van der Waals surface area contributed by atoms with Gasteiger partial charge in [-0.3, -0.25) is 4.79 Å². The molecule has 2 aliphatic heterocycles. The number of nitrogens with zero attached hydrogens (tertiary/aromatic N) is 4. The van der Waals surface area contributed by atoms with Crippen LogP contribution in [0.1, 0.15) is 24.4 Å². The normalized spacial score (nSPS) is 23.9. The molecule has 0 aliphatic carbocycles. The molecule has 4 rings (SSSR count). The molecule has 1 fully saturated rings. The second kappa shape index (κ2) is 6.02. The van der Waals surface area contributed by atoms with Crippen molar-refractivity contribution >= 4 is 5.91 Å². The minimum atomic E-state index is -0.0839. The van der Waals surface area contributed by atoms with Gasteiger partial charge in [0.05, 0.1) is 12.0 Å². The van der Waals surface area contributed by atoms with Crippen molar-refractivity contribution in [1.82, 2.24) is 19.7 Å². The van der Waals surface area contributed by atoms with Crippen LogP contribution in [-0.2, 0) is 11.2 Å². The number of amides is 1. The van der Waals surface area contributed by atoms with E-state index in [1.165, 1.54) is 0 Å². The topological polar surface area (TPSA) is 60.2 Å². The quantitative estimate of drug-likeness (QED) is 0.847. The number of likely N-dealkylation sites (tertiary alicyclic amines) is 1. The average molecular weight is 312 g/mol. The minimum absolute atomic E-state index is 0.0839. The van der Waals surface area contributed by atoms with Gasteiger partial charge in [-0.15, -0.1) is 0 Å². The van der Waals surface area contributed by atoms with E-state index in [9.17, 15) is 4.79 Å². The van der Waals surface area contributed by atoms with Crippen LogP contribution in [0.2, 0.25) is 0 Å². The zero-order valence-corrected chi connectivity index (χ0v) is 13.0. The molecule has 120 valence electrons. The molecular weight excluding hydrogens is 292 g/mol. The van der Waals surface area contributed by atoms with Crippen molar-refractivity contribution in [2.45, 2.75) is 25.3 Å². The van der Waals surface area contributed by atoms with Crippen LogP contribution in [0.4, 0.5) is 0 Å². The minimum Gasteiger partial charge on any atom is -0.492 e. The highest BCUT2D eigenvalue weighted by Crippen LogP contribution is 2.29. The molecule has 1 aromatic carbocycles. The van der Waals surface area contributed by atoms with Crippen LogP contribution in [0.3, 0.4) is 0 Å². The molecular formula is C17H20N4O2. The molecule has 0 radical (unpaired) electrons. The number of aromatic nitrogens is 3. The number of fused-ring (bicyclic) bond motifs is 1. The van der Waals surface area contributed by atoms with Crippen LogP contribution in [-0.4, -0.2) is 45.3 Å². The largest absolute Gasteiger partial charge is 0.492 e. The van der Waals surface area contributed by atoms with Crippen molar-refractivity contribution in [2.24, 2.45) is 5.92 Å². The van der Waals surface area contributed by atoms with Crippen molar-refractivity contribution in [3.8, 4) is 5.75 Å². The predicted molar refractivity (Wildman–Crippen MR) is 84.0 cm³/mol. The predicted octanol–water partition coefficient (Wildman–Crippen LogP) is 1.69. The lowest BCUT2D eigenvalue weighted by molar-refractivity contribution is -0.138. The second-order valence-corrected chi connectivity index (χ2v) is 6.28. The van der Waals surface area contributed by atoms with Crippen LogP contribution < -0.4 is 4.74 Å². The Bertz CT molecular complexity index is 686. The van der Waals surface area contributed by atoms with Gasteiger partial charge in [0, 0.05) is 13.1 Å². The third kappa shape index (κ3) is 2.81. The lowest BCUT2D eigenvalue weighted by atomic mass is 9.94. The number of hydrogen-bond acceptors (Lipinski definition) is 4. The summed E-state index contributed by atoms with van der Waals surface area (Å²) < 4.78 is 7.64. The fourth-order valence-corrected chi connectivity index (χ4v) is 3.52. The Kier molecular flexibility index (Phi) is 3.73. The molecule has 1 amide bonds. The van der Waals surface area contributed by atoms with Crippen molar-refractivity contribution in [2.75, 3.05) is 19.7 Å². The lowest BCUT2D eigenvalue weighted by Crippen LogP contribution is -2.46. The number of rotatable bonds is 2. The Hall–Kier alpha value is -2.37. The second-order valence-electron chi connectivity index (χ2n) is 6.28. The standard InChI is InChI=1S/C17H20N4O2/c22-17(14-8-13-4-1-2-6-16(13)23-10-14)20-7-3-5-15(9-20)21-12-18-11-19-21/h1-2,4,6,11-12,14-15H,3,5,7-10H2/t14-,15+/m1/s1. The molecule has 23 heavy (non-hydrogen) atoms. The SMILES string of the molecule is O=C([C@H]1COc2ccccc2C1)N1CCC[C@H](n2cncn2)C1.